The van der Waals surface area contributed by atoms with Gasteiger partial charge in [0, 0.05) is 25.2 Å². The van der Waals surface area contributed by atoms with E-state index < -0.39 is 10.4 Å². The van der Waals surface area contributed by atoms with Crippen LogP contribution >= 0.6 is 0 Å². The minimum atomic E-state index is -4.67. The van der Waals surface area contributed by atoms with Gasteiger partial charge in [0.25, 0.3) is 0 Å². The van der Waals surface area contributed by atoms with Crippen molar-refractivity contribution in [3.8, 4) is 0 Å². The van der Waals surface area contributed by atoms with Gasteiger partial charge in [-0.3, -0.25) is 18.9 Å². The standard InChI is InChI=1S/C15H26N2.H2O4S/c1-3-7-16-11-13-9-12(14(16)5-1)10-17-8-4-2-6-15(13)17;1-5(2,3)4/h12-15H,1-11H2;(H2,1,2,3,4)/t12-,13-,14-,15?;/m1./s1. The number of piperidine rings is 4. The Morgan fingerprint density at radius 2 is 1.18 bits per heavy atom. The Morgan fingerprint density at radius 3 is 1.59 bits per heavy atom. The smallest absolute Gasteiger partial charge is 0.300 e. The summed E-state index contributed by atoms with van der Waals surface area (Å²) in [6, 6.07) is 1.92. The predicted octanol–water partition coefficient (Wildman–Crippen LogP) is 1.69. The average Bonchev–Trinajstić information content (AvgIpc) is 2.46. The third-order valence-electron chi connectivity index (χ3n) is 5.96. The van der Waals surface area contributed by atoms with E-state index in [0.717, 1.165) is 23.9 Å². The molecule has 4 rings (SSSR count). The maximum Gasteiger partial charge on any atom is 0.394 e. The normalized spacial score (nSPS) is 39.2. The Morgan fingerprint density at radius 1 is 0.773 bits per heavy atom. The number of hydrogen-bond acceptors (Lipinski definition) is 4. The number of rotatable bonds is 0. The monoisotopic (exact) mass is 332 g/mol. The van der Waals surface area contributed by atoms with E-state index in [9.17, 15) is 0 Å². The Bertz CT molecular complexity index is 448. The molecular weight excluding hydrogens is 304 g/mol. The van der Waals surface area contributed by atoms with Crippen molar-refractivity contribution in [2.24, 2.45) is 11.8 Å². The summed E-state index contributed by atoms with van der Waals surface area (Å²) in [4.78, 5) is 5.74. The van der Waals surface area contributed by atoms with Gasteiger partial charge in [0.2, 0.25) is 0 Å². The van der Waals surface area contributed by atoms with E-state index in [1.165, 1.54) is 64.7 Å². The molecule has 0 aromatic rings. The third kappa shape index (κ3) is 4.00. The first-order chi connectivity index (χ1) is 10.4. The van der Waals surface area contributed by atoms with Crippen LogP contribution in [0.25, 0.3) is 0 Å². The summed E-state index contributed by atoms with van der Waals surface area (Å²) in [7, 11) is -4.67. The van der Waals surface area contributed by atoms with E-state index in [4.69, 9.17) is 17.5 Å². The van der Waals surface area contributed by atoms with Crippen LogP contribution in [0.3, 0.4) is 0 Å². The second-order valence-electron chi connectivity index (χ2n) is 7.32. The van der Waals surface area contributed by atoms with Gasteiger partial charge in [-0.2, -0.15) is 8.42 Å². The molecule has 7 heteroatoms. The Balaban J connectivity index is 0.000000254. The Kier molecular flexibility index (Phi) is 5.09. The Hall–Kier alpha value is -0.210. The molecule has 0 aromatic heterocycles. The van der Waals surface area contributed by atoms with Crippen LogP contribution < -0.4 is 0 Å². The molecule has 0 saturated carbocycles. The quantitative estimate of drug-likeness (QED) is 0.657. The topological polar surface area (TPSA) is 81.1 Å². The highest BCUT2D eigenvalue weighted by molar-refractivity contribution is 7.79. The second-order valence-corrected chi connectivity index (χ2v) is 8.22. The minimum absolute atomic E-state index is 0.961. The van der Waals surface area contributed by atoms with Crippen LogP contribution in [0.4, 0.5) is 0 Å². The average molecular weight is 332 g/mol. The van der Waals surface area contributed by atoms with Gasteiger partial charge in [-0.15, -0.1) is 0 Å². The zero-order valence-corrected chi connectivity index (χ0v) is 13.9. The maximum atomic E-state index is 8.74. The molecule has 4 aliphatic heterocycles. The fourth-order valence-electron chi connectivity index (χ4n) is 5.25. The highest BCUT2D eigenvalue weighted by Gasteiger charge is 2.46. The lowest BCUT2D eigenvalue weighted by Gasteiger charge is -2.57. The summed E-state index contributed by atoms with van der Waals surface area (Å²) < 4.78 is 31.6. The molecule has 1 unspecified atom stereocenters. The fourth-order valence-corrected chi connectivity index (χ4v) is 5.25. The van der Waals surface area contributed by atoms with Crippen molar-refractivity contribution in [3.63, 3.8) is 0 Å². The van der Waals surface area contributed by atoms with Crippen LogP contribution in [0, 0.1) is 11.8 Å². The van der Waals surface area contributed by atoms with Crippen molar-refractivity contribution in [1.82, 2.24) is 9.80 Å². The first kappa shape index (κ1) is 16.6. The summed E-state index contributed by atoms with van der Waals surface area (Å²) in [5.74, 6) is 2.03. The number of hydrogen-bond donors (Lipinski definition) is 2. The van der Waals surface area contributed by atoms with E-state index in [1.54, 1.807) is 6.42 Å². The van der Waals surface area contributed by atoms with Crippen molar-refractivity contribution in [1.29, 1.82) is 0 Å². The van der Waals surface area contributed by atoms with E-state index in [0.29, 0.717) is 0 Å². The molecule has 4 aliphatic rings. The lowest BCUT2D eigenvalue weighted by molar-refractivity contribution is -0.0718. The van der Waals surface area contributed by atoms with Gasteiger partial charge in [0.15, 0.2) is 0 Å². The molecule has 4 heterocycles. The van der Waals surface area contributed by atoms with Crippen LogP contribution in [0.2, 0.25) is 0 Å². The van der Waals surface area contributed by atoms with Gasteiger partial charge in [0.05, 0.1) is 0 Å². The summed E-state index contributed by atoms with van der Waals surface area (Å²) in [6.45, 7) is 5.68. The lowest BCUT2D eigenvalue weighted by atomic mass is 9.71. The first-order valence-corrected chi connectivity index (χ1v) is 9.99. The van der Waals surface area contributed by atoms with Crippen LogP contribution in [0.15, 0.2) is 0 Å². The molecule has 22 heavy (non-hydrogen) atoms. The maximum absolute atomic E-state index is 8.74. The van der Waals surface area contributed by atoms with E-state index in [2.05, 4.69) is 9.80 Å². The number of nitrogens with zero attached hydrogens (tertiary/aromatic N) is 2. The van der Waals surface area contributed by atoms with Crippen LogP contribution in [-0.4, -0.2) is 65.6 Å². The largest absolute Gasteiger partial charge is 0.394 e. The fraction of sp³-hybridized carbons (Fsp3) is 1.00. The molecule has 0 aliphatic carbocycles. The highest BCUT2D eigenvalue weighted by atomic mass is 32.3. The van der Waals surface area contributed by atoms with Gasteiger partial charge >= 0.3 is 10.4 Å². The molecule has 0 spiro atoms. The highest BCUT2D eigenvalue weighted by Crippen LogP contribution is 2.42. The Labute approximate surface area is 133 Å². The summed E-state index contributed by atoms with van der Waals surface area (Å²) in [6.07, 6.45) is 10.5. The summed E-state index contributed by atoms with van der Waals surface area (Å²) in [5.41, 5.74) is 0. The first-order valence-electron chi connectivity index (χ1n) is 8.60. The molecule has 2 N–H and O–H groups in total. The molecule has 0 amide bonds. The lowest BCUT2D eigenvalue weighted by Crippen LogP contribution is -2.63. The minimum Gasteiger partial charge on any atom is -0.300 e. The molecule has 4 atom stereocenters. The van der Waals surface area contributed by atoms with Crippen LogP contribution in [-0.2, 0) is 10.4 Å². The van der Waals surface area contributed by atoms with Crippen molar-refractivity contribution in [2.45, 2.75) is 57.0 Å². The predicted molar refractivity (Wildman–Crippen MR) is 84.2 cm³/mol. The van der Waals surface area contributed by atoms with Gasteiger partial charge in [0.1, 0.15) is 0 Å². The zero-order valence-electron chi connectivity index (χ0n) is 13.1. The van der Waals surface area contributed by atoms with Crippen LogP contribution in [0.1, 0.15) is 44.9 Å². The molecule has 128 valence electrons. The number of fused-ring (bicyclic) bond motifs is 6. The molecule has 4 saturated heterocycles. The van der Waals surface area contributed by atoms with E-state index in [1.807, 2.05) is 0 Å². The van der Waals surface area contributed by atoms with Crippen molar-refractivity contribution in [3.05, 3.63) is 0 Å². The van der Waals surface area contributed by atoms with Gasteiger partial charge in [-0.05, 0) is 57.0 Å². The zero-order chi connectivity index (χ0) is 15.7. The van der Waals surface area contributed by atoms with Crippen LogP contribution in [0.5, 0.6) is 0 Å². The van der Waals surface area contributed by atoms with Crippen molar-refractivity contribution in [2.75, 3.05) is 26.2 Å². The van der Waals surface area contributed by atoms with E-state index >= 15 is 0 Å². The van der Waals surface area contributed by atoms with Crippen molar-refractivity contribution < 1.29 is 17.5 Å². The summed E-state index contributed by atoms with van der Waals surface area (Å²) in [5, 5.41) is 0. The molecule has 0 aromatic carbocycles. The van der Waals surface area contributed by atoms with E-state index in [-0.39, 0.29) is 0 Å². The molecule has 4 fully saturated rings. The van der Waals surface area contributed by atoms with Gasteiger partial charge in [-0.25, -0.2) is 0 Å². The third-order valence-corrected chi connectivity index (χ3v) is 5.96. The van der Waals surface area contributed by atoms with Gasteiger partial charge in [-0.1, -0.05) is 12.8 Å². The molecule has 0 radical (unpaired) electrons. The molecular formula is C15H28N2O4S. The second kappa shape index (κ2) is 6.73. The van der Waals surface area contributed by atoms with Crippen molar-refractivity contribution >= 4 is 10.4 Å². The molecule has 2 bridgehead atoms. The molecule has 6 nitrogen and oxygen atoms in total. The summed E-state index contributed by atoms with van der Waals surface area (Å²) >= 11 is 0. The van der Waals surface area contributed by atoms with Gasteiger partial charge < -0.3 is 0 Å². The SMILES string of the molecule is C1CCN2C[C@H]3C[C@H](CN4CCCC[C@H]34)C2C1.O=S(=O)(O)O.